The topological polar surface area (TPSA) is 102 Å². The Labute approximate surface area is 170 Å². The molecule has 0 aliphatic rings. The number of sulfone groups is 1. The molecule has 1 aromatic heterocycles. The van der Waals surface area contributed by atoms with Gasteiger partial charge >= 0.3 is 6.01 Å². The van der Waals surface area contributed by atoms with E-state index in [0.29, 0.717) is 17.9 Å². The maximum atomic E-state index is 12.4. The van der Waals surface area contributed by atoms with Gasteiger partial charge in [0.1, 0.15) is 0 Å². The predicted molar refractivity (Wildman–Crippen MR) is 110 cm³/mol. The second-order valence-electron chi connectivity index (χ2n) is 7.25. The van der Waals surface area contributed by atoms with Crippen LogP contribution in [-0.2, 0) is 16.3 Å². The van der Waals surface area contributed by atoms with E-state index in [4.69, 9.17) is 4.42 Å². The molecule has 0 saturated carbocycles. The molecule has 8 heteroatoms. The Kier molecular flexibility index (Phi) is 5.83. The molecule has 1 heterocycles. The molecule has 152 valence electrons. The third-order valence-electron chi connectivity index (χ3n) is 4.40. The summed E-state index contributed by atoms with van der Waals surface area (Å²) < 4.78 is 29.9. The molecule has 0 saturated heterocycles. The van der Waals surface area contributed by atoms with Crippen LogP contribution in [0.2, 0.25) is 0 Å². The number of carbonyl (C=O) groups is 1. The number of rotatable bonds is 6. The van der Waals surface area contributed by atoms with Crippen molar-refractivity contribution in [3.05, 3.63) is 70.6 Å². The quantitative estimate of drug-likeness (QED) is 0.661. The Bertz CT molecular complexity index is 1110. The van der Waals surface area contributed by atoms with Gasteiger partial charge in [0.25, 0.3) is 5.91 Å². The number of hydrogen-bond donors (Lipinski definition) is 1. The van der Waals surface area contributed by atoms with Gasteiger partial charge in [0.15, 0.2) is 9.84 Å². The molecule has 0 fully saturated rings. The zero-order chi connectivity index (χ0) is 21.2. The first-order chi connectivity index (χ1) is 13.6. The molecule has 0 aliphatic carbocycles. The van der Waals surface area contributed by atoms with Gasteiger partial charge in [-0.05, 0) is 57.5 Å². The molecule has 0 radical (unpaired) electrons. The minimum Gasteiger partial charge on any atom is -0.407 e. The summed E-state index contributed by atoms with van der Waals surface area (Å²) in [6.45, 7) is 7.14. The third-order valence-corrected chi connectivity index (χ3v) is 6.57. The average molecular weight is 413 g/mol. The molecule has 0 unspecified atom stereocenters. The fourth-order valence-electron chi connectivity index (χ4n) is 2.89. The van der Waals surface area contributed by atoms with E-state index < -0.39 is 15.1 Å². The van der Waals surface area contributed by atoms with Gasteiger partial charge in [-0.15, -0.1) is 5.10 Å². The van der Waals surface area contributed by atoms with E-state index >= 15 is 0 Å². The number of anilines is 1. The molecule has 3 rings (SSSR count). The van der Waals surface area contributed by atoms with Crippen LogP contribution < -0.4 is 5.32 Å². The van der Waals surface area contributed by atoms with Gasteiger partial charge in [-0.25, -0.2) is 8.42 Å². The lowest BCUT2D eigenvalue weighted by molar-refractivity contribution is 0.102. The van der Waals surface area contributed by atoms with E-state index in [0.717, 1.165) is 16.7 Å². The first kappa shape index (κ1) is 20.7. The van der Waals surface area contributed by atoms with Gasteiger partial charge in [0, 0.05) is 5.56 Å². The van der Waals surface area contributed by atoms with Gasteiger partial charge in [-0.3, -0.25) is 10.1 Å². The number of benzene rings is 2. The van der Waals surface area contributed by atoms with E-state index in [-0.39, 0.29) is 16.8 Å². The smallest absolute Gasteiger partial charge is 0.322 e. The number of nitrogens with one attached hydrogen (secondary N) is 1. The van der Waals surface area contributed by atoms with Crippen molar-refractivity contribution in [3.63, 3.8) is 0 Å². The lowest BCUT2D eigenvalue weighted by atomic mass is 10.1. The van der Waals surface area contributed by atoms with Crippen LogP contribution in [0, 0.1) is 13.8 Å². The molecular formula is C21H23N3O4S. The highest BCUT2D eigenvalue weighted by Gasteiger charge is 2.19. The third kappa shape index (κ3) is 4.89. The summed E-state index contributed by atoms with van der Waals surface area (Å²) in [6.07, 6.45) is 0.328. The molecule has 7 nitrogen and oxygen atoms in total. The summed E-state index contributed by atoms with van der Waals surface area (Å²) >= 11 is 0. The Morgan fingerprint density at radius 3 is 2.24 bits per heavy atom. The summed E-state index contributed by atoms with van der Waals surface area (Å²) in [5.41, 5.74) is 3.32. The molecular weight excluding hydrogens is 390 g/mol. The van der Waals surface area contributed by atoms with Crippen molar-refractivity contribution in [2.45, 2.75) is 44.3 Å². The maximum absolute atomic E-state index is 12.4. The highest BCUT2D eigenvalue weighted by atomic mass is 32.2. The standard InChI is InChI=1S/C21H23N3O4S/c1-13(2)29(26,27)18-7-5-16(6-8-18)12-19-23-24-21(28-19)22-20(25)17-10-14(3)9-15(4)11-17/h5-11,13H,12H2,1-4H3,(H,22,24,25). The van der Waals surface area contributed by atoms with Crippen LogP contribution >= 0.6 is 0 Å². The number of amides is 1. The lowest BCUT2D eigenvalue weighted by Crippen LogP contribution is -2.13. The number of aryl methyl sites for hydroxylation is 2. The normalized spacial score (nSPS) is 11.6. The molecule has 0 atom stereocenters. The molecule has 0 aliphatic heterocycles. The van der Waals surface area contributed by atoms with Crippen molar-refractivity contribution in [2.24, 2.45) is 0 Å². The van der Waals surface area contributed by atoms with Crippen LogP contribution in [0.4, 0.5) is 6.01 Å². The molecule has 3 aromatic rings. The van der Waals surface area contributed by atoms with E-state index in [1.165, 1.54) is 0 Å². The van der Waals surface area contributed by atoms with Crippen LogP contribution in [0.1, 0.15) is 46.8 Å². The Morgan fingerprint density at radius 1 is 1.03 bits per heavy atom. The van der Waals surface area contributed by atoms with E-state index in [2.05, 4.69) is 15.5 Å². The van der Waals surface area contributed by atoms with Crippen molar-refractivity contribution >= 4 is 21.8 Å². The number of nitrogens with zero attached hydrogens (tertiary/aromatic N) is 2. The summed E-state index contributed by atoms with van der Waals surface area (Å²) in [6, 6.07) is 12.1. The van der Waals surface area contributed by atoms with E-state index in [9.17, 15) is 13.2 Å². The maximum Gasteiger partial charge on any atom is 0.322 e. The predicted octanol–water partition coefficient (Wildman–Crippen LogP) is 3.71. The second-order valence-corrected chi connectivity index (χ2v) is 9.75. The first-order valence-electron chi connectivity index (χ1n) is 9.20. The zero-order valence-electron chi connectivity index (χ0n) is 16.8. The van der Waals surface area contributed by atoms with Gasteiger partial charge in [0.2, 0.25) is 5.89 Å². The van der Waals surface area contributed by atoms with Crippen molar-refractivity contribution < 1.29 is 17.6 Å². The van der Waals surface area contributed by atoms with Crippen LogP contribution in [0.5, 0.6) is 0 Å². The van der Waals surface area contributed by atoms with Crippen LogP contribution in [-0.4, -0.2) is 29.8 Å². The molecule has 29 heavy (non-hydrogen) atoms. The highest BCUT2D eigenvalue weighted by molar-refractivity contribution is 7.92. The van der Waals surface area contributed by atoms with Crippen molar-refractivity contribution in [1.82, 2.24) is 10.2 Å². The van der Waals surface area contributed by atoms with Gasteiger partial charge in [0.05, 0.1) is 16.6 Å². The average Bonchev–Trinajstić information content (AvgIpc) is 3.08. The largest absolute Gasteiger partial charge is 0.407 e. The Balaban J connectivity index is 1.68. The number of aromatic nitrogens is 2. The summed E-state index contributed by atoms with van der Waals surface area (Å²) in [4.78, 5) is 12.7. The number of carbonyl (C=O) groups excluding carboxylic acids is 1. The Hall–Kier alpha value is -3.00. The van der Waals surface area contributed by atoms with Crippen LogP contribution in [0.25, 0.3) is 0 Å². The Morgan fingerprint density at radius 2 is 1.66 bits per heavy atom. The summed E-state index contributed by atoms with van der Waals surface area (Å²) in [5.74, 6) is -0.00423. The van der Waals surface area contributed by atoms with Crippen LogP contribution in [0.3, 0.4) is 0 Å². The van der Waals surface area contributed by atoms with Crippen LogP contribution in [0.15, 0.2) is 51.8 Å². The minimum absolute atomic E-state index is 0.0168. The van der Waals surface area contributed by atoms with E-state index in [1.54, 1.807) is 50.2 Å². The SMILES string of the molecule is Cc1cc(C)cc(C(=O)Nc2nnc(Cc3ccc(S(=O)(=O)C(C)C)cc3)o2)c1. The highest BCUT2D eigenvalue weighted by Crippen LogP contribution is 2.19. The molecule has 2 aromatic carbocycles. The number of hydrogen-bond acceptors (Lipinski definition) is 6. The first-order valence-corrected chi connectivity index (χ1v) is 10.7. The zero-order valence-corrected chi connectivity index (χ0v) is 17.6. The molecule has 1 N–H and O–H groups in total. The second kappa shape index (κ2) is 8.16. The summed E-state index contributed by atoms with van der Waals surface area (Å²) in [5, 5.41) is 9.92. The van der Waals surface area contributed by atoms with Crippen molar-refractivity contribution in [1.29, 1.82) is 0 Å². The minimum atomic E-state index is -3.31. The molecule has 1 amide bonds. The fraction of sp³-hybridized carbons (Fsp3) is 0.286. The lowest BCUT2D eigenvalue weighted by Gasteiger charge is -2.08. The van der Waals surface area contributed by atoms with Crippen molar-refractivity contribution in [2.75, 3.05) is 5.32 Å². The summed E-state index contributed by atoms with van der Waals surface area (Å²) in [7, 11) is -3.31. The van der Waals surface area contributed by atoms with Crippen molar-refractivity contribution in [3.8, 4) is 0 Å². The van der Waals surface area contributed by atoms with Gasteiger partial charge < -0.3 is 4.42 Å². The molecule has 0 spiro atoms. The van der Waals surface area contributed by atoms with Gasteiger partial charge in [-0.1, -0.05) is 34.4 Å². The molecule has 0 bridgehead atoms. The van der Waals surface area contributed by atoms with Gasteiger partial charge in [-0.2, -0.15) is 0 Å². The fourth-order valence-corrected chi connectivity index (χ4v) is 3.95. The van der Waals surface area contributed by atoms with E-state index in [1.807, 2.05) is 19.9 Å². The monoisotopic (exact) mass is 413 g/mol.